The summed E-state index contributed by atoms with van der Waals surface area (Å²) in [5.41, 5.74) is 0. The van der Waals surface area contributed by atoms with Gasteiger partial charge in [-0.2, -0.15) is 0 Å². The standard InChI is InChI=1S/C21H42O3/c1-3-5-6-7-8-9-10-11-12-13-14-15-16-17-21-23-19-20(24-21)18-22-4-2/h20-21H,3-19H2,1-2H3. The highest BCUT2D eigenvalue weighted by Gasteiger charge is 2.25. The Bertz CT molecular complexity index is 257. The van der Waals surface area contributed by atoms with Gasteiger partial charge in [0.25, 0.3) is 0 Å². The van der Waals surface area contributed by atoms with Crippen LogP contribution in [0.25, 0.3) is 0 Å². The van der Waals surface area contributed by atoms with Crippen LogP contribution in [0.4, 0.5) is 0 Å². The van der Waals surface area contributed by atoms with Crippen molar-refractivity contribution in [3.8, 4) is 0 Å². The van der Waals surface area contributed by atoms with Crippen molar-refractivity contribution >= 4 is 0 Å². The maximum absolute atomic E-state index is 5.82. The van der Waals surface area contributed by atoms with E-state index in [0.29, 0.717) is 13.2 Å². The predicted molar refractivity (Wildman–Crippen MR) is 101 cm³/mol. The molecule has 144 valence electrons. The van der Waals surface area contributed by atoms with Crippen LogP contribution in [0.2, 0.25) is 0 Å². The molecule has 0 saturated carbocycles. The van der Waals surface area contributed by atoms with Crippen LogP contribution in [0, 0.1) is 0 Å². The lowest BCUT2D eigenvalue weighted by molar-refractivity contribution is -0.0753. The average Bonchev–Trinajstić information content (AvgIpc) is 3.05. The molecule has 2 unspecified atom stereocenters. The van der Waals surface area contributed by atoms with Crippen LogP contribution in [0.1, 0.15) is 104 Å². The Labute approximate surface area is 150 Å². The molecule has 1 fully saturated rings. The summed E-state index contributed by atoms with van der Waals surface area (Å²) in [5, 5.41) is 0. The van der Waals surface area contributed by atoms with E-state index in [0.717, 1.165) is 13.0 Å². The Morgan fingerprint density at radius 2 is 1.29 bits per heavy atom. The molecular weight excluding hydrogens is 300 g/mol. The lowest BCUT2D eigenvalue weighted by Crippen LogP contribution is -2.18. The van der Waals surface area contributed by atoms with E-state index in [2.05, 4.69) is 6.92 Å². The number of hydrogen-bond acceptors (Lipinski definition) is 3. The molecule has 0 radical (unpaired) electrons. The summed E-state index contributed by atoms with van der Waals surface area (Å²) in [6, 6.07) is 0. The lowest BCUT2D eigenvalue weighted by atomic mass is 10.0. The van der Waals surface area contributed by atoms with Crippen molar-refractivity contribution in [2.75, 3.05) is 19.8 Å². The van der Waals surface area contributed by atoms with Crippen LogP contribution < -0.4 is 0 Å². The van der Waals surface area contributed by atoms with Crippen molar-refractivity contribution in [1.29, 1.82) is 0 Å². The van der Waals surface area contributed by atoms with Gasteiger partial charge < -0.3 is 14.2 Å². The van der Waals surface area contributed by atoms with E-state index in [4.69, 9.17) is 14.2 Å². The molecule has 0 spiro atoms. The Balaban J connectivity index is 1.75. The monoisotopic (exact) mass is 342 g/mol. The molecule has 0 amide bonds. The minimum Gasteiger partial charge on any atom is -0.379 e. The van der Waals surface area contributed by atoms with E-state index in [9.17, 15) is 0 Å². The zero-order chi connectivity index (χ0) is 17.3. The van der Waals surface area contributed by atoms with Crippen LogP contribution in [-0.4, -0.2) is 32.2 Å². The molecular formula is C21H42O3. The van der Waals surface area contributed by atoms with E-state index in [-0.39, 0.29) is 12.4 Å². The van der Waals surface area contributed by atoms with Crippen LogP contribution in [0.5, 0.6) is 0 Å². The van der Waals surface area contributed by atoms with Gasteiger partial charge in [-0.25, -0.2) is 0 Å². The average molecular weight is 343 g/mol. The fourth-order valence-corrected chi connectivity index (χ4v) is 3.32. The Kier molecular flexibility index (Phi) is 14.9. The van der Waals surface area contributed by atoms with Gasteiger partial charge in [0.1, 0.15) is 6.10 Å². The first-order valence-electron chi connectivity index (χ1n) is 10.7. The Morgan fingerprint density at radius 3 is 1.83 bits per heavy atom. The van der Waals surface area contributed by atoms with Crippen LogP contribution in [0.3, 0.4) is 0 Å². The van der Waals surface area contributed by atoms with Gasteiger partial charge in [0.05, 0.1) is 13.2 Å². The largest absolute Gasteiger partial charge is 0.379 e. The van der Waals surface area contributed by atoms with Gasteiger partial charge >= 0.3 is 0 Å². The Hall–Kier alpha value is -0.120. The van der Waals surface area contributed by atoms with Crippen molar-refractivity contribution in [2.45, 2.75) is 116 Å². The summed E-state index contributed by atoms with van der Waals surface area (Å²) in [6.45, 7) is 6.42. The van der Waals surface area contributed by atoms with E-state index in [1.807, 2.05) is 6.92 Å². The van der Waals surface area contributed by atoms with E-state index < -0.39 is 0 Å². The molecule has 1 saturated heterocycles. The highest BCUT2D eigenvalue weighted by Crippen LogP contribution is 2.19. The minimum atomic E-state index is 0.0168. The van der Waals surface area contributed by atoms with E-state index in [1.54, 1.807) is 0 Å². The summed E-state index contributed by atoms with van der Waals surface area (Å²) in [6.07, 6.45) is 19.4. The van der Waals surface area contributed by atoms with Crippen molar-refractivity contribution in [3.63, 3.8) is 0 Å². The van der Waals surface area contributed by atoms with Gasteiger partial charge in [-0.05, 0) is 19.8 Å². The topological polar surface area (TPSA) is 27.7 Å². The Morgan fingerprint density at radius 1 is 0.750 bits per heavy atom. The first-order chi connectivity index (χ1) is 11.9. The second-order valence-electron chi connectivity index (χ2n) is 7.21. The zero-order valence-electron chi connectivity index (χ0n) is 16.4. The summed E-state index contributed by atoms with van der Waals surface area (Å²) < 4.78 is 16.9. The van der Waals surface area contributed by atoms with Crippen LogP contribution in [0.15, 0.2) is 0 Å². The predicted octanol–water partition coefficient (Wildman–Crippen LogP) is 6.25. The fraction of sp³-hybridized carbons (Fsp3) is 1.00. The first-order valence-corrected chi connectivity index (χ1v) is 10.7. The SMILES string of the molecule is CCCCCCCCCCCCCCCC1OCC(COCC)O1. The quantitative estimate of drug-likeness (QED) is 0.293. The molecule has 2 atom stereocenters. The molecule has 24 heavy (non-hydrogen) atoms. The first kappa shape index (κ1) is 21.9. The number of rotatable bonds is 17. The van der Waals surface area contributed by atoms with Crippen LogP contribution in [-0.2, 0) is 14.2 Å². The third-order valence-electron chi connectivity index (χ3n) is 4.86. The summed E-state index contributed by atoms with van der Waals surface area (Å²) in [4.78, 5) is 0. The smallest absolute Gasteiger partial charge is 0.158 e. The summed E-state index contributed by atoms with van der Waals surface area (Å²) in [5.74, 6) is 0. The molecule has 1 rings (SSSR count). The maximum atomic E-state index is 5.82. The molecule has 0 aliphatic carbocycles. The molecule has 3 nitrogen and oxygen atoms in total. The third kappa shape index (κ3) is 12.3. The normalized spacial score (nSPS) is 20.8. The van der Waals surface area contributed by atoms with Gasteiger partial charge in [-0.3, -0.25) is 0 Å². The van der Waals surface area contributed by atoms with E-state index in [1.165, 1.54) is 83.5 Å². The molecule has 1 heterocycles. The molecule has 0 bridgehead atoms. The molecule has 0 aromatic rings. The summed E-state index contributed by atoms with van der Waals surface area (Å²) >= 11 is 0. The highest BCUT2D eigenvalue weighted by molar-refractivity contribution is 4.65. The molecule has 3 heteroatoms. The fourth-order valence-electron chi connectivity index (χ4n) is 3.32. The maximum Gasteiger partial charge on any atom is 0.158 e. The molecule has 1 aliphatic rings. The molecule has 1 aliphatic heterocycles. The second-order valence-corrected chi connectivity index (χ2v) is 7.21. The van der Waals surface area contributed by atoms with Crippen molar-refractivity contribution in [3.05, 3.63) is 0 Å². The molecule has 0 aromatic carbocycles. The molecule has 0 N–H and O–H groups in total. The van der Waals surface area contributed by atoms with Crippen molar-refractivity contribution in [2.24, 2.45) is 0 Å². The second kappa shape index (κ2) is 16.4. The number of hydrogen-bond donors (Lipinski definition) is 0. The lowest BCUT2D eigenvalue weighted by Gasteiger charge is -2.11. The molecule has 0 aromatic heterocycles. The van der Waals surface area contributed by atoms with Gasteiger partial charge in [-0.1, -0.05) is 84.0 Å². The highest BCUT2D eigenvalue weighted by atomic mass is 16.7. The zero-order valence-corrected chi connectivity index (χ0v) is 16.4. The van der Waals surface area contributed by atoms with Crippen molar-refractivity contribution < 1.29 is 14.2 Å². The minimum absolute atomic E-state index is 0.0168. The van der Waals surface area contributed by atoms with E-state index >= 15 is 0 Å². The third-order valence-corrected chi connectivity index (χ3v) is 4.86. The number of unbranched alkanes of at least 4 members (excludes halogenated alkanes) is 12. The van der Waals surface area contributed by atoms with Gasteiger partial charge in [-0.15, -0.1) is 0 Å². The van der Waals surface area contributed by atoms with Gasteiger partial charge in [0.15, 0.2) is 6.29 Å². The van der Waals surface area contributed by atoms with Gasteiger partial charge in [0, 0.05) is 6.61 Å². The van der Waals surface area contributed by atoms with Gasteiger partial charge in [0.2, 0.25) is 0 Å². The summed E-state index contributed by atoms with van der Waals surface area (Å²) in [7, 11) is 0. The van der Waals surface area contributed by atoms with Crippen molar-refractivity contribution in [1.82, 2.24) is 0 Å². The number of ether oxygens (including phenoxy) is 3. The van der Waals surface area contributed by atoms with Crippen LogP contribution >= 0.6 is 0 Å².